The van der Waals surface area contributed by atoms with E-state index in [4.69, 9.17) is 17.1 Å². The van der Waals surface area contributed by atoms with Gasteiger partial charge in [-0.1, -0.05) is 61.9 Å². The number of rotatable bonds is 2. The predicted molar refractivity (Wildman–Crippen MR) is 119 cm³/mol. The van der Waals surface area contributed by atoms with Gasteiger partial charge in [-0.3, -0.25) is 10.3 Å². The number of likely N-dealkylation sites (tertiary alicyclic amines) is 1. The Balaban J connectivity index is 1.31. The first-order valence-electron chi connectivity index (χ1n) is 10.9. The monoisotopic (exact) mass is 399 g/mol. The molecule has 1 saturated heterocycles. The lowest BCUT2D eigenvalue weighted by atomic mass is 9.90. The van der Waals surface area contributed by atoms with E-state index < -0.39 is 0 Å². The first kappa shape index (κ1) is 19.7. The number of piperidine rings is 1. The first-order valence-corrected chi connectivity index (χ1v) is 11.3. The molecule has 0 amide bonds. The van der Waals surface area contributed by atoms with E-state index in [1.807, 2.05) is 0 Å². The van der Waals surface area contributed by atoms with Crippen LogP contribution in [0.3, 0.4) is 0 Å². The van der Waals surface area contributed by atoms with Crippen LogP contribution in [0.2, 0.25) is 0 Å². The average molecular weight is 400 g/mol. The maximum Gasteiger partial charge on any atom is 0.169 e. The van der Waals surface area contributed by atoms with Crippen molar-refractivity contribution in [3.63, 3.8) is 0 Å². The molecule has 152 valence electrons. The number of nitrogens with zero attached hydrogens (tertiary/aromatic N) is 1. The second kappa shape index (κ2) is 8.83. The quantitative estimate of drug-likeness (QED) is 0.706. The second-order valence-corrected chi connectivity index (χ2v) is 9.06. The normalized spacial score (nSPS) is 22.9. The highest BCUT2D eigenvalue weighted by atomic mass is 32.1. The second-order valence-electron chi connectivity index (χ2n) is 8.67. The summed E-state index contributed by atoms with van der Waals surface area (Å²) in [5, 5.41) is 4.60. The van der Waals surface area contributed by atoms with Crippen molar-refractivity contribution in [3.8, 4) is 0 Å². The highest BCUT2D eigenvalue weighted by Crippen LogP contribution is 2.34. The molecule has 28 heavy (non-hydrogen) atoms. The zero-order valence-electron chi connectivity index (χ0n) is 17.0. The maximum absolute atomic E-state index is 6.05. The van der Waals surface area contributed by atoms with Crippen molar-refractivity contribution in [2.24, 2.45) is 0 Å². The van der Waals surface area contributed by atoms with Crippen LogP contribution < -0.4 is 10.8 Å². The van der Waals surface area contributed by atoms with Crippen molar-refractivity contribution in [2.45, 2.75) is 76.4 Å². The summed E-state index contributed by atoms with van der Waals surface area (Å²) in [6.45, 7) is 4.00. The summed E-state index contributed by atoms with van der Waals surface area (Å²) in [7, 11) is 0. The Morgan fingerprint density at radius 1 is 1.07 bits per heavy atom. The van der Waals surface area contributed by atoms with Gasteiger partial charge in [0.2, 0.25) is 0 Å². The Bertz CT molecular complexity index is 699. The zero-order chi connectivity index (χ0) is 19.4. The Morgan fingerprint density at radius 2 is 1.71 bits per heavy atom. The predicted octanol–water partition coefficient (Wildman–Crippen LogP) is 4.69. The third-order valence-corrected chi connectivity index (χ3v) is 6.84. The lowest BCUT2D eigenvalue weighted by Gasteiger charge is -2.39. The van der Waals surface area contributed by atoms with Crippen LogP contribution in [0.5, 0.6) is 0 Å². The molecule has 5 heteroatoms. The molecular formula is C23H33N3OS. The molecule has 4 rings (SSSR count). The number of benzene rings is 1. The summed E-state index contributed by atoms with van der Waals surface area (Å²) in [5.74, 6) is 0. The van der Waals surface area contributed by atoms with Gasteiger partial charge in [-0.15, -0.1) is 0 Å². The van der Waals surface area contributed by atoms with Crippen LogP contribution in [-0.2, 0) is 4.84 Å². The summed E-state index contributed by atoms with van der Waals surface area (Å²) in [4.78, 5) is 8.39. The van der Waals surface area contributed by atoms with Crippen molar-refractivity contribution in [3.05, 3.63) is 41.5 Å². The Hall–Kier alpha value is -1.59. The number of nitrogens with one attached hydrogen (secondary N) is 2. The van der Waals surface area contributed by atoms with Gasteiger partial charge in [-0.25, -0.2) is 0 Å². The minimum absolute atomic E-state index is 0.202. The van der Waals surface area contributed by atoms with Gasteiger partial charge < -0.3 is 10.2 Å². The third kappa shape index (κ3) is 4.69. The van der Waals surface area contributed by atoms with Gasteiger partial charge in [0.1, 0.15) is 5.60 Å². The van der Waals surface area contributed by atoms with E-state index in [-0.39, 0.29) is 5.60 Å². The van der Waals surface area contributed by atoms with Crippen LogP contribution in [0, 0.1) is 6.92 Å². The van der Waals surface area contributed by atoms with Crippen LogP contribution in [0.4, 0.5) is 0 Å². The molecule has 0 atom stereocenters. The van der Waals surface area contributed by atoms with Crippen LogP contribution in [0.15, 0.2) is 30.3 Å². The highest BCUT2D eigenvalue weighted by Gasteiger charge is 2.39. The Labute approximate surface area is 174 Å². The molecular weight excluding hydrogens is 366 g/mol. The van der Waals surface area contributed by atoms with Gasteiger partial charge in [0, 0.05) is 32.0 Å². The SMILES string of the molecule is Cc1ccc(C2=CC3(CCN(C(=S)NC4CCCCCCC4)CC3)ON2)cc1. The minimum atomic E-state index is -0.202. The lowest BCUT2D eigenvalue weighted by molar-refractivity contribution is -0.0618. The smallest absolute Gasteiger partial charge is 0.169 e. The van der Waals surface area contributed by atoms with Crippen molar-refractivity contribution in [1.82, 2.24) is 15.7 Å². The van der Waals surface area contributed by atoms with E-state index in [1.54, 1.807) is 0 Å². The number of aryl methyl sites for hydroxylation is 1. The Morgan fingerprint density at radius 3 is 2.39 bits per heavy atom. The van der Waals surface area contributed by atoms with Crippen LogP contribution in [-0.4, -0.2) is 34.7 Å². The number of hydrogen-bond donors (Lipinski definition) is 2. The fourth-order valence-corrected chi connectivity index (χ4v) is 4.90. The van der Waals surface area contributed by atoms with E-state index in [0.717, 1.165) is 36.7 Å². The molecule has 2 heterocycles. The molecule has 1 aliphatic carbocycles. The lowest BCUT2D eigenvalue weighted by Crippen LogP contribution is -2.51. The summed E-state index contributed by atoms with van der Waals surface area (Å²) in [6, 6.07) is 9.15. The van der Waals surface area contributed by atoms with Gasteiger partial charge in [0.15, 0.2) is 5.11 Å². The molecule has 0 radical (unpaired) electrons. The van der Waals surface area contributed by atoms with Crippen LogP contribution in [0.25, 0.3) is 5.70 Å². The molecule has 2 N–H and O–H groups in total. The largest absolute Gasteiger partial charge is 0.360 e. The summed E-state index contributed by atoms with van der Waals surface area (Å²) in [5.41, 5.74) is 6.52. The molecule has 0 aromatic heterocycles. The summed E-state index contributed by atoms with van der Waals surface area (Å²) >= 11 is 5.75. The zero-order valence-corrected chi connectivity index (χ0v) is 17.8. The standard InChI is InChI=1S/C23H33N3OS/c1-18-9-11-19(12-10-18)21-17-23(27-25-21)13-15-26(16-14-23)22(28)24-20-7-5-3-2-4-6-8-20/h9-12,17,20,25H,2-8,13-16H2,1H3,(H,24,28). The van der Waals surface area contributed by atoms with Gasteiger partial charge >= 0.3 is 0 Å². The molecule has 4 nitrogen and oxygen atoms in total. The summed E-state index contributed by atoms with van der Waals surface area (Å²) in [6.07, 6.45) is 13.5. The topological polar surface area (TPSA) is 36.5 Å². The molecule has 2 aliphatic heterocycles. The first-order chi connectivity index (χ1) is 13.6. The van der Waals surface area contributed by atoms with E-state index in [0.29, 0.717) is 6.04 Å². The molecule has 0 bridgehead atoms. The van der Waals surface area contributed by atoms with E-state index >= 15 is 0 Å². The molecule has 3 aliphatic rings. The number of thiocarbonyl (C=S) groups is 1. The van der Waals surface area contributed by atoms with Crippen LogP contribution in [0.1, 0.15) is 68.9 Å². The fraction of sp³-hybridized carbons (Fsp3) is 0.609. The minimum Gasteiger partial charge on any atom is -0.360 e. The average Bonchev–Trinajstić information content (AvgIpc) is 3.08. The van der Waals surface area contributed by atoms with E-state index in [2.05, 4.69) is 53.0 Å². The highest BCUT2D eigenvalue weighted by molar-refractivity contribution is 7.80. The maximum atomic E-state index is 6.05. The summed E-state index contributed by atoms with van der Waals surface area (Å²) < 4.78 is 0. The molecule has 0 unspecified atom stereocenters. The Kier molecular flexibility index (Phi) is 6.22. The molecule has 1 spiro atoms. The molecule has 2 fully saturated rings. The van der Waals surface area contributed by atoms with Gasteiger partial charge in [0.25, 0.3) is 0 Å². The molecule has 1 aromatic rings. The van der Waals surface area contributed by atoms with Crippen molar-refractivity contribution >= 4 is 23.0 Å². The van der Waals surface area contributed by atoms with Gasteiger partial charge in [-0.2, -0.15) is 0 Å². The van der Waals surface area contributed by atoms with Crippen molar-refractivity contribution in [2.75, 3.05) is 13.1 Å². The van der Waals surface area contributed by atoms with E-state index in [1.165, 1.54) is 56.1 Å². The fourth-order valence-electron chi connectivity index (χ4n) is 4.56. The van der Waals surface area contributed by atoms with Crippen LogP contribution >= 0.6 is 12.2 Å². The van der Waals surface area contributed by atoms with Gasteiger partial charge in [0.05, 0.1) is 5.70 Å². The van der Waals surface area contributed by atoms with Gasteiger partial charge in [-0.05, 0) is 43.6 Å². The molecule has 1 saturated carbocycles. The van der Waals surface area contributed by atoms with Crippen molar-refractivity contribution < 1.29 is 4.84 Å². The number of hydroxylamine groups is 1. The third-order valence-electron chi connectivity index (χ3n) is 6.46. The number of hydrogen-bond acceptors (Lipinski definition) is 3. The molecule has 1 aromatic carbocycles. The van der Waals surface area contributed by atoms with E-state index in [9.17, 15) is 0 Å². The van der Waals surface area contributed by atoms with Crippen molar-refractivity contribution in [1.29, 1.82) is 0 Å².